The summed E-state index contributed by atoms with van der Waals surface area (Å²) >= 11 is 6.89. The fourth-order valence-corrected chi connectivity index (χ4v) is 3.66. The van der Waals surface area contributed by atoms with Gasteiger partial charge in [-0.15, -0.1) is 0 Å². The maximum atomic E-state index is 12.2. The molecule has 0 spiro atoms. The molecule has 1 heterocycles. The highest BCUT2D eigenvalue weighted by Crippen LogP contribution is 2.17. The fourth-order valence-electron chi connectivity index (χ4n) is 2.47. The second-order valence-corrected chi connectivity index (χ2v) is 7.28. The Balaban J connectivity index is 1.77. The van der Waals surface area contributed by atoms with Crippen LogP contribution >= 0.6 is 24.0 Å². The van der Waals surface area contributed by atoms with Gasteiger partial charge in [-0.3, -0.25) is 4.79 Å². The molecule has 1 saturated heterocycles. The lowest BCUT2D eigenvalue weighted by Gasteiger charge is -2.20. The van der Waals surface area contributed by atoms with Gasteiger partial charge in [0.25, 0.3) is 0 Å². The van der Waals surface area contributed by atoms with Crippen molar-refractivity contribution >= 4 is 34.2 Å². The van der Waals surface area contributed by atoms with Crippen molar-refractivity contribution in [2.45, 2.75) is 32.7 Å². The highest BCUT2D eigenvalue weighted by Gasteiger charge is 2.17. The molecule has 0 saturated carbocycles. The van der Waals surface area contributed by atoms with E-state index in [1.54, 1.807) is 4.90 Å². The Hall–Kier alpha value is -1.07. The zero-order chi connectivity index (χ0) is 15.9. The van der Waals surface area contributed by atoms with Crippen molar-refractivity contribution < 1.29 is 4.79 Å². The van der Waals surface area contributed by atoms with Gasteiger partial charge >= 0.3 is 0 Å². The highest BCUT2D eigenvalue weighted by atomic mass is 32.2. The van der Waals surface area contributed by atoms with E-state index >= 15 is 0 Å². The summed E-state index contributed by atoms with van der Waals surface area (Å²) < 4.78 is 0.867. The lowest BCUT2D eigenvalue weighted by Crippen LogP contribution is -2.30. The first-order valence-corrected chi connectivity index (χ1v) is 9.23. The summed E-state index contributed by atoms with van der Waals surface area (Å²) in [7, 11) is 1.86. The number of carbonyl (C=O) groups is 1. The number of thioether (sulfide) groups is 1. The van der Waals surface area contributed by atoms with Gasteiger partial charge in [-0.05, 0) is 30.4 Å². The van der Waals surface area contributed by atoms with Crippen LogP contribution in [0.25, 0.3) is 0 Å². The SMILES string of the molecule is CCc1ccc(CN(C)C(=O)CSC(=S)N2CCCC2)cc1. The smallest absolute Gasteiger partial charge is 0.233 e. The van der Waals surface area contributed by atoms with E-state index in [4.69, 9.17) is 12.2 Å². The molecule has 1 aromatic rings. The Labute approximate surface area is 143 Å². The standard InChI is InChI=1S/C17H24N2OS2/c1-3-14-6-8-15(9-7-14)12-18(2)16(20)13-22-17(21)19-10-4-5-11-19/h6-9H,3-5,10-13H2,1-2H3. The van der Waals surface area contributed by atoms with Crippen LogP contribution in [0.2, 0.25) is 0 Å². The molecule has 0 aromatic heterocycles. The molecule has 0 unspecified atom stereocenters. The summed E-state index contributed by atoms with van der Waals surface area (Å²) in [5, 5.41) is 0. The molecule has 3 nitrogen and oxygen atoms in total. The largest absolute Gasteiger partial charge is 0.358 e. The third kappa shape index (κ3) is 4.99. The van der Waals surface area contributed by atoms with E-state index in [-0.39, 0.29) is 5.91 Å². The normalized spacial score (nSPS) is 14.2. The number of likely N-dealkylation sites (tertiary alicyclic amines) is 1. The van der Waals surface area contributed by atoms with Crippen LogP contribution in [0, 0.1) is 0 Å². The van der Waals surface area contributed by atoms with Crippen LogP contribution in [-0.4, -0.2) is 45.9 Å². The molecule has 0 atom stereocenters. The van der Waals surface area contributed by atoms with Crippen LogP contribution in [0.15, 0.2) is 24.3 Å². The van der Waals surface area contributed by atoms with Gasteiger partial charge in [0.15, 0.2) is 0 Å². The first-order chi connectivity index (χ1) is 10.6. The highest BCUT2D eigenvalue weighted by molar-refractivity contribution is 8.23. The summed E-state index contributed by atoms with van der Waals surface area (Å²) in [6.07, 6.45) is 3.46. The number of rotatable bonds is 5. The number of carbonyl (C=O) groups excluding carboxylic acids is 1. The summed E-state index contributed by atoms with van der Waals surface area (Å²) in [4.78, 5) is 16.2. The van der Waals surface area contributed by atoms with E-state index in [1.165, 1.54) is 35.7 Å². The van der Waals surface area contributed by atoms with Crippen LogP contribution in [0.1, 0.15) is 30.9 Å². The number of aryl methyl sites for hydroxylation is 1. The average molecular weight is 337 g/mol. The molecule has 1 aliphatic rings. The van der Waals surface area contributed by atoms with E-state index in [1.807, 2.05) is 7.05 Å². The van der Waals surface area contributed by atoms with Gasteiger partial charge in [0.1, 0.15) is 4.32 Å². The van der Waals surface area contributed by atoms with Gasteiger partial charge in [0.2, 0.25) is 5.91 Å². The zero-order valence-corrected chi connectivity index (χ0v) is 15.0. The Morgan fingerprint density at radius 3 is 2.41 bits per heavy atom. The number of benzene rings is 1. The van der Waals surface area contributed by atoms with Crippen molar-refractivity contribution in [3.8, 4) is 0 Å². The summed E-state index contributed by atoms with van der Waals surface area (Å²) in [5.41, 5.74) is 2.49. The summed E-state index contributed by atoms with van der Waals surface area (Å²) in [6, 6.07) is 8.46. The van der Waals surface area contributed by atoms with E-state index in [2.05, 4.69) is 36.1 Å². The molecule has 5 heteroatoms. The van der Waals surface area contributed by atoms with Gasteiger partial charge in [-0.1, -0.05) is 55.2 Å². The predicted octanol–water partition coefficient (Wildman–Crippen LogP) is 3.32. The Bertz CT molecular complexity index is 510. The molecule has 1 amide bonds. The van der Waals surface area contributed by atoms with Crippen LogP contribution < -0.4 is 0 Å². The molecule has 0 radical (unpaired) electrons. The predicted molar refractivity (Wildman–Crippen MR) is 98.2 cm³/mol. The maximum absolute atomic E-state index is 12.2. The molecule has 1 aromatic carbocycles. The molecule has 0 bridgehead atoms. The van der Waals surface area contributed by atoms with Gasteiger partial charge in [-0.2, -0.15) is 0 Å². The molecular weight excluding hydrogens is 312 g/mol. The first kappa shape index (κ1) is 17.3. The lowest BCUT2D eigenvalue weighted by atomic mass is 10.1. The minimum Gasteiger partial charge on any atom is -0.358 e. The molecule has 0 N–H and O–H groups in total. The molecule has 120 valence electrons. The topological polar surface area (TPSA) is 23.6 Å². The van der Waals surface area contributed by atoms with Gasteiger partial charge < -0.3 is 9.80 Å². The number of hydrogen-bond donors (Lipinski definition) is 0. The second kappa shape index (κ2) is 8.53. The van der Waals surface area contributed by atoms with Crippen molar-refractivity contribution in [3.63, 3.8) is 0 Å². The second-order valence-electron chi connectivity index (χ2n) is 5.67. The average Bonchev–Trinajstić information content (AvgIpc) is 3.07. The van der Waals surface area contributed by atoms with Crippen molar-refractivity contribution in [2.24, 2.45) is 0 Å². The van der Waals surface area contributed by atoms with E-state index < -0.39 is 0 Å². The Morgan fingerprint density at radius 2 is 1.82 bits per heavy atom. The lowest BCUT2D eigenvalue weighted by molar-refractivity contribution is -0.127. The quantitative estimate of drug-likeness (QED) is 0.770. The minimum absolute atomic E-state index is 0.131. The maximum Gasteiger partial charge on any atom is 0.233 e. The van der Waals surface area contributed by atoms with Crippen molar-refractivity contribution in [1.82, 2.24) is 9.80 Å². The third-order valence-corrected chi connectivity index (χ3v) is 5.47. The molecule has 1 fully saturated rings. The third-order valence-electron chi connectivity index (χ3n) is 3.96. The number of amides is 1. The van der Waals surface area contributed by atoms with Crippen molar-refractivity contribution in [1.29, 1.82) is 0 Å². The van der Waals surface area contributed by atoms with Crippen molar-refractivity contribution in [3.05, 3.63) is 35.4 Å². The van der Waals surface area contributed by atoms with Crippen molar-refractivity contribution in [2.75, 3.05) is 25.9 Å². The Morgan fingerprint density at radius 1 is 1.23 bits per heavy atom. The van der Waals surface area contributed by atoms with Gasteiger partial charge in [0.05, 0.1) is 5.75 Å². The molecule has 2 rings (SSSR count). The molecule has 1 aliphatic heterocycles. The number of thiocarbonyl (C=S) groups is 1. The molecule has 22 heavy (non-hydrogen) atoms. The first-order valence-electron chi connectivity index (χ1n) is 7.83. The van der Waals surface area contributed by atoms with Crippen LogP contribution in [0.4, 0.5) is 0 Å². The summed E-state index contributed by atoms with van der Waals surface area (Å²) in [5.74, 6) is 0.560. The number of nitrogens with zero attached hydrogens (tertiary/aromatic N) is 2. The molecule has 0 aliphatic carbocycles. The van der Waals surface area contributed by atoms with E-state index in [0.29, 0.717) is 12.3 Å². The van der Waals surface area contributed by atoms with Gasteiger partial charge in [-0.25, -0.2) is 0 Å². The number of hydrogen-bond acceptors (Lipinski definition) is 3. The summed E-state index contributed by atoms with van der Waals surface area (Å²) in [6.45, 7) is 4.88. The van der Waals surface area contributed by atoms with E-state index in [0.717, 1.165) is 23.8 Å². The zero-order valence-electron chi connectivity index (χ0n) is 13.4. The Kier molecular flexibility index (Phi) is 6.70. The fraction of sp³-hybridized carbons (Fsp3) is 0.529. The van der Waals surface area contributed by atoms with Crippen LogP contribution in [0.5, 0.6) is 0 Å². The molecular formula is C17H24N2OS2. The van der Waals surface area contributed by atoms with Gasteiger partial charge in [0, 0.05) is 26.7 Å². The van der Waals surface area contributed by atoms with E-state index in [9.17, 15) is 4.79 Å². The monoisotopic (exact) mass is 336 g/mol. The van der Waals surface area contributed by atoms with Crippen LogP contribution in [0.3, 0.4) is 0 Å². The van der Waals surface area contributed by atoms with Crippen LogP contribution in [-0.2, 0) is 17.8 Å². The minimum atomic E-state index is 0.131.